The second-order valence-electron chi connectivity index (χ2n) is 7.68. The van der Waals surface area contributed by atoms with Crippen LogP contribution in [-0.2, 0) is 6.18 Å². The van der Waals surface area contributed by atoms with Crippen molar-refractivity contribution in [2.24, 2.45) is 0 Å². The SMILES string of the molecule is O=C(Nc1cc(F)ccc1Cl)c1ccc(N2CCN(C(=O)c3ccccc3C(F)(F)F)CC2)nn1. The highest BCUT2D eigenvalue weighted by atomic mass is 35.5. The van der Waals surface area contributed by atoms with Gasteiger partial charge in [0.05, 0.1) is 21.8 Å². The first kappa shape index (κ1) is 24.4. The minimum Gasteiger partial charge on any atom is -0.352 e. The van der Waals surface area contributed by atoms with Crippen molar-refractivity contribution in [3.8, 4) is 0 Å². The number of amides is 2. The molecule has 182 valence electrons. The summed E-state index contributed by atoms with van der Waals surface area (Å²) in [4.78, 5) is 28.3. The smallest absolute Gasteiger partial charge is 0.352 e. The number of aromatic nitrogens is 2. The van der Waals surface area contributed by atoms with Gasteiger partial charge in [-0.25, -0.2) is 4.39 Å². The fourth-order valence-electron chi connectivity index (χ4n) is 3.62. The molecule has 1 aliphatic heterocycles. The number of hydrogen-bond acceptors (Lipinski definition) is 5. The van der Waals surface area contributed by atoms with Crippen molar-refractivity contribution in [2.45, 2.75) is 6.18 Å². The minimum absolute atomic E-state index is 0.0216. The summed E-state index contributed by atoms with van der Waals surface area (Å²) in [5.74, 6) is -1.44. The van der Waals surface area contributed by atoms with E-state index in [1.165, 1.54) is 35.2 Å². The van der Waals surface area contributed by atoms with Crippen LogP contribution in [0.2, 0.25) is 5.02 Å². The van der Waals surface area contributed by atoms with Gasteiger partial charge in [-0.05, 0) is 42.5 Å². The van der Waals surface area contributed by atoms with Crippen LogP contribution >= 0.6 is 11.6 Å². The van der Waals surface area contributed by atoms with Crippen molar-refractivity contribution in [3.05, 3.63) is 82.3 Å². The van der Waals surface area contributed by atoms with Crippen LogP contribution in [0.15, 0.2) is 54.6 Å². The zero-order chi connectivity index (χ0) is 25.2. The molecule has 1 aliphatic rings. The zero-order valence-electron chi connectivity index (χ0n) is 18.0. The summed E-state index contributed by atoms with van der Waals surface area (Å²) in [5.41, 5.74) is -1.28. The molecule has 2 heterocycles. The number of nitrogens with zero attached hydrogens (tertiary/aromatic N) is 4. The highest BCUT2D eigenvalue weighted by Crippen LogP contribution is 2.32. The maximum atomic E-state index is 13.4. The van der Waals surface area contributed by atoms with Gasteiger partial charge in [0.2, 0.25) is 0 Å². The van der Waals surface area contributed by atoms with E-state index in [1.54, 1.807) is 11.0 Å². The van der Waals surface area contributed by atoms with E-state index in [0.29, 0.717) is 18.9 Å². The van der Waals surface area contributed by atoms with Crippen molar-refractivity contribution in [3.63, 3.8) is 0 Å². The Kier molecular flexibility index (Phi) is 6.88. The number of carbonyl (C=O) groups is 2. The molecule has 1 aromatic heterocycles. The molecule has 7 nitrogen and oxygen atoms in total. The molecule has 0 spiro atoms. The molecule has 1 fully saturated rings. The van der Waals surface area contributed by atoms with E-state index in [9.17, 15) is 27.2 Å². The summed E-state index contributed by atoms with van der Waals surface area (Å²) < 4.78 is 53.2. The van der Waals surface area contributed by atoms with Gasteiger partial charge in [0, 0.05) is 26.2 Å². The van der Waals surface area contributed by atoms with Crippen LogP contribution in [0.3, 0.4) is 0 Å². The normalized spacial score (nSPS) is 14.1. The van der Waals surface area contributed by atoms with Crippen molar-refractivity contribution >= 4 is 34.9 Å². The van der Waals surface area contributed by atoms with Gasteiger partial charge in [0.1, 0.15) is 5.82 Å². The van der Waals surface area contributed by atoms with Gasteiger partial charge in [-0.3, -0.25) is 9.59 Å². The van der Waals surface area contributed by atoms with Gasteiger partial charge in [0.25, 0.3) is 11.8 Å². The first-order chi connectivity index (χ1) is 16.6. The number of anilines is 2. The van der Waals surface area contributed by atoms with Crippen molar-refractivity contribution in [1.29, 1.82) is 0 Å². The summed E-state index contributed by atoms with van der Waals surface area (Å²) in [7, 11) is 0. The Balaban J connectivity index is 1.38. The number of alkyl halides is 3. The van der Waals surface area contributed by atoms with Crippen LogP contribution in [0.4, 0.5) is 29.1 Å². The zero-order valence-corrected chi connectivity index (χ0v) is 18.8. The van der Waals surface area contributed by atoms with E-state index >= 15 is 0 Å². The summed E-state index contributed by atoms with van der Waals surface area (Å²) >= 11 is 5.95. The molecule has 4 rings (SSSR count). The molecule has 0 unspecified atom stereocenters. The first-order valence-corrected chi connectivity index (χ1v) is 10.8. The quantitative estimate of drug-likeness (QED) is 0.526. The standard InChI is InChI=1S/C23H18ClF4N5O2/c24-17-6-5-14(25)13-19(17)29-21(34)18-7-8-20(31-30-18)32-9-11-33(12-10-32)22(35)15-3-1-2-4-16(15)23(26,27)28/h1-8,13H,9-12H2,(H,29,34). The van der Waals surface area contributed by atoms with E-state index in [2.05, 4.69) is 15.5 Å². The molecule has 0 atom stereocenters. The van der Waals surface area contributed by atoms with E-state index in [-0.39, 0.29) is 35.1 Å². The lowest BCUT2D eigenvalue weighted by Gasteiger charge is -2.35. The first-order valence-electron chi connectivity index (χ1n) is 10.4. The van der Waals surface area contributed by atoms with Crippen molar-refractivity contribution in [1.82, 2.24) is 15.1 Å². The Morgan fingerprint density at radius 1 is 0.943 bits per heavy atom. The molecule has 1 saturated heterocycles. The largest absolute Gasteiger partial charge is 0.417 e. The van der Waals surface area contributed by atoms with E-state index in [1.807, 2.05) is 0 Å². The van der Waals surface area contributed by atoms with Gasteiger partial charge in [-0.2, -0.15) is 13.2 Å². The van der Waals surface area contributed by atoms with Gasteiger partial charge >= 0.3 is 6.18 Å². The highest BCUT2D eigenvalue weighted by molar-refractivity contribution is 6.33. The van der Waals surface area contributed by atoms with Gasteiger partial charge in [-0.15, -0.1) is 10.2 Å². The van der Waals surface area contributed by atoms with Crippen molar-refractivity contribution in [2.75, 3.05) is 36.4 Å². The third-order valence-corrected chi connectivity index (χ3v) is 5.74. The third kappa shape index (κ3) is 5.51. The molecule has 0 radical (unpaired) electrons. The van der Waals surface area contributed by atoms with E-state index in [4.69, 9.17) is 11.6 Å². The second-order valence-corrected chi connectivity index (χ2v) is 8.08. The van der Waals surface area contributed by atoms with Crippen LogP contribution < -0.4 is 10.2 Å². The fraction of sp³-hybridized carbons (Fsp3) is 0.217. The number of carbonyl (C=O) groups excluding carboxylic acids is 2. The molecule has 0 bridgehead atoms. The van der Waals surface area contributed by atoms with Crippen LogP contribution in [0.1, 0.15) is 26.4 Å². The Labute approximate surface area is 202 Å². The molecular formula is C23H18ClF4N5O2. The summed E-state index contributed by atoms with van der Waals surface area (Å²) in [6.07, 6.45) is -4.63. The predicted molar refractivity (Wildman–Crippen MR) is 121 cm³/mol. The van der Waals surface area contributed by atoms with E-state index in [0.717, 1.165) is 18.2 Å². The van der Waals surface area contributed by atoms with Crippen LogP contribution in [0.25, 0.3) is 0 Å². The molecule has 2 aromatic carbocycles. The molecule has 0 aliphatic carbocycles. The third-order valence-electron chi connectivity index (χ3n) is 5.41. The maximum absolute atomic E-state index is 13.4. The van der Waals surface area contributed by atoms with Crippen LogP contribution in [0.5, 0.6) is 0 Å². The summed E-state index contributed by atoms with van der Waals surface area (Å²) in [6, 6.07) is 11.2. The predicted octanol–water partition coefficient (Wildman–Crippen LogP) is 4.50. The lowest BCUT2D eigenvalue weighted by atomic mass is 10.1. The molecule has 1 N–H and O–H groups in total. The Hall–Kier alpha value is -3.73. The molecular weight excluding hydrogens is 490 g/mol. The Bertz CT molecular complexity index is 1250. The van der Waals surface area contributed by atoms with E-state index < -0.39 is 29.4 Å². The Morgan fingerprint density at radius 3 is 2.31 bits per heavy atom. The summed E-state index contributed by atoms with van der Waals surface area (Å²) in [5, 5.41) is 10.6. The minimum atomic E-state index is -4.63. The molecule has 3 aromatic rings. The van der Waals surface area contributed by atoms with Crippen LogP contribution in [0, 0.1) is 5.82 Å². The summed E-state index contributed by atoms with van der Waals surface area (Å²) in [6.45, 7) is 1.01. The number of benzene rings is 2. The van der Waals surface area contributed by atoms with Gasteiger partial charge in [-0.1, -0.05) is 23.7 Å². The monoisotopic (exact) mass is 507 g/mol. The van der Waals surface area contributed by atoms with Crippen molar-refractivity contribution < 1.29 is 27.2 Å². The number of piperazine rings is 1. The number of halogens is 5. The average molecular weight is 508 g/mol. The molecule has 0 saturated carbocycles. The number of nitrogens with one attached hydrogen (secondary N) is 1. The number of rotatable bonds is 4. The fourth-order valence-corrected chi connectivity index (χ4v) is 3.79. The molecule has 12 heteroatoms. The second kappa shape index (κ2) is 9.87. The topological polar surface area (TPSA) is 78.4 Å². The van der Waals surface area contributed by atoms with Gasteiger partial charge in [0.15, 0.2) is 11.5 Å². The highest BCUT2D eigenvalue weighted by Gasteiger charge is 2.36. The molecule has 35 heavy (non-hydrogen) atoms. The van der Waals surface area contributed by atoms with Crippen LogP contribution in [-0.4, -0.2) is 53.1 Å². The maximum Gasteiger partial charge on any atom is 0.417 e. The van der Waals surface area contributed by atoms with Gasteiger partial charge < -0.3 is 15.1 Å². The lowest BCUT2D eigenvalue weighted by Crippen LogP contribution is -2.49. The Morgan fingerprint density at radius 2 is 1.66 bits per heavy atom. The number of hydrogen-bond donors (Lipinski definition) is 1. The lowest BCUT2D eigenvalue weighted by molar-refractivity contribution is -0.138. The average Bonchev–Trinajstić information content (AvgIpc) is 2.85. The molecule has 2 amide bonds.